The van der Waals surface area contributed by atoms with Crippen LogP contribution >= 0.6 is 0 Å². The van der Waals surface area contributed by atoms with Gasteiger partial charge in [0.1, 0.15) is 6.04 Å². The number of carbonyl (C=O) groups is 1. The molecule has 0 aliphatic carbocycles. The number of sulfonamides is 1. The predicted molar refractivity (Wildman–Crippen MR) is 93.0 cm³/mol. The van der Waals surface area contributed by atoms with Crippen molar-refractivity contribution in [3.05, 3.63) is 29.9 Å². The van der Waals surface area contributed by atoms with Gasteiger partial charge in [-0.1, -0.05) is 5.16 Å². The minimum absolute atomic E-state index is 0.00144. The van der Waals surface area contributed by atoms with Crippen molar-refractivity contribution in [1.29, 1.82) is 0 Å². The Balaban J connectivity index is 1.96. The van der Waals surface area contributed by atoms with Gasteiger partial charge in [0.05, 0.1) is 25.5 Å². The molecule has 2 heterocycles. The summed E-state index contributed by atoms with van der Waals surface area (Å²) < 4.78 is 42.9. The number of hydrogen-bond donors (Lipinski definition) is 1. The number of piperazine rings is 1. The first kappa shape index (κ1) is 19.1. The number of nitrogens with one attached hydrogen (secondary N) is 1. The number of methoxy groups -OCH3 is 2. The second-order valence-electron chi connectivity index (χ2n) is 5.88. The zero-order valence-corrected chi connectivity index (χ0v) is 15.9. The summed E-state index contributed by atoms with van der Waals surface area (Å²) in [7, 11) is -1.09. The van der Waals surface area contributed by atoms with Gasteiger partial charge in [-0.2, -0.15) is 9.29 Å². The Bertz CT molecular complexity index is 942. The fourth-order valence-corrected chi connectivity index (χ4v) is 4.48. The lowest BCUT2D eigenvalue weighted by molar-refractivity contribution is -0.126. The van der Waals surface area contributed by atoms with Crippen LogP contribution in [0.3, 0.4) is 0 Å². The van der Waals surface area contributed by atoms with E-state index in [2.05, 4.69) is 15.5 Å². The van der Waals surface area contributed by atoms with Crippen LogP contribution in [0, 0.1) is 6.92 Å². The second-order valence-corrected chi connectivity index (χ2v) is 7.77. The molecule has 1 aliphatic heterocycles. The highest BCUT2D eigenvalue weighted by molar-refractivity contribution is 7.89. The standard InChI is InChI=1S/C16H20N4O6S/c1-10-18-15(26-19-10)9-12-16(21)17-6-7-20(12)27(22,23)11-4-5-13(24-2)14(8-11)25-3/h4-5,8,12H,6-7,9H2,1-3H3,(H,17,21). The number of aromatic nitrogens is 2. The zero-order chi connectivity index (χ0) is 19.6. The number of amides is 1. The molecule has 1 fully saturated rings. The Hall–Kier alpha value is -2.66. The van der Waals surface area contributed by atoms with Crippen molar-refractivity contribution in [3.63, 3.8) is 0 Å². The third-order valence-electron chi connectivity index (χ3n) is 4.18. The van der Waals surface area contributed by atoms with E-state index in [1.807, 2.05) is 0 Å². The number of nitrogens with zero attached hydrogens (tertiary/aromatic N) is 3. The monoisotopic (exact) mass is 396 g/mol. The van der Waals surface area contributed by atoms with Crippen LogP contribution in [0.2, 0.25) is 0 Å². The van der Waals surface area contributed by atoms with E-state index in [4.69, 9.17) is 14.0 Å². The Morgan fingerprint density at radius 2 is 2.04 bits per heavy atom. The van der Waals surface area contributed by atoms with Gasteiger partial charge in [0, 0.05) is 19.2 Å². The molecule has 1 aromatic carbocycles. The molecular weight excluding hydrogens is 376 g/mol. The molecule has 0 radical (unpaired) electrons. The lowest BCUT2D eigenvalue weighted by Crippen LogP contribution is -2.57. The van der Waals surface area contributed by atoms with Gasteiger partial charge in [-0.15, -0.1) is 0 Å². The van der Waals surface area contributed by atoms with Crippen LogP contribution < -0.4 is 14.8 Å². The first-order chi connectivity index (χ1) is 12.9. The molecule has 0 bridgehead atoms. The van der Waals surface area contributed by atoms with Crippen molar-refractivity contribution < 1.29 is 27.2 Å². The van der Waals surface area contributed by atoms with Gasteiger partial charge in [-0.25, -0.2) is 8.42 Å². The third-order valence-corrected chi connectivity index (χ3v) is 6.09. The summed E-state index contributed by atoms with van der Waals surface area (Å²) in [6, 6.07) is 3.30. The number of aryl methyl sites for hydroxylation is 1. The van der Waals surface area contributed by atoms with Crippen LogP contribution in [0.25, 0.3) is 0 Å². The molecule has 1 aliphatic rings. The average molecular weight is 396 g/mol. The average Bonchev–Trinajstić information content (AvgIpc) is 3.07. The summed E-state index contributed by atoms with van der Waals surface area (Å²) >= 11 is 0. The summed E-state index contributed by atoms with van der Waals surface area (Å²) in [5.41, 5.74) is 0. The van der Waals surface area contributed by atoms with E-state index in [0.29, 0.717) is 11.6 Å². The van der Waals surface area contributed by atoms with Gasteiger partial charge in [0.15, 0.2) is 17.3 Å². The molecule has 146 valence electrons. The Labute approximate surface area is 156 Å². The summed E-state index contributed by atoms with van der Waals surface area (Å²) in [6.07, 6.45) is -0.0147. The van der Waals surface area contributed by atoms with Crippen molar-refractivity contribution in [3.8, 4) is 11.5 Å². The molecule has 1 saturated heterocycles. The van der Waals surface area contributed by atoms with E-state index in [-0.39, 0.29) is 36.0 Å². The molecule has 1 aromatic heterocycles. The maximum absolute atomic E-state index is 13.2. The third kappa shape index (κ3) is 3.74. The molecule has 27 heavy (non-hydrogen) atoms. The minimum atomic E-state index is -3.97. The van der Waals surface area contributed by atoms with Crippen LogP contribution in [0.1, 0.15) is 11.7 Å². The van der Waals surface area contributed by atoms with Gasteiger partial charge < -0.3 is 19.3 Å². The number of rotatable bonds is 6. The van der Waals surface area contributed by atoms with E-state index in [1.54, 1.807) is 6.92 Å². The van der Waals surface area contributed by atoms with Crippen LogP contribution in [0.15, 0.2) is 27.6 Å². The zero-order valence-electron chi connectivity index (χ0n) is 15.1. The van der Waals surface area contributed by atoms with Gasteiger partial charge in [-0.3, -0.25) is 4.79 Å². The van der Waals surface area contributed by atoms with Gasteiger partial charge in [0.2, 0.25) is 21.8 Å². The van der Waals surface area contributed by atoms with Gasteiger partial charge >= 0.3 is 0 Å². The number of ether oxygens (including phenoxy) is 2. The molecule has 11 heteroatoms. The van der Waals surface area contributed by atoms with Crippen LogP contribution in [-0.4, -0.2) is 62.1 Å². The van der Waals surface area contributed by atoms with Crippen LogP contribution in [-0.2, 0) is 21.2 Å². The molecule has 1 amide bonds. The number of benzene rings is 1. The fourth-order valence-electron chi connectivity index (χ4n) is 2.88. The van der Waals surface area contributed by atoms with E-state index >= 15 is 0 Å². The van der Waals surface area contributed by atoms with Gasteiger partial charge in [0.25, 0.3) is 0 Å². The maximum Gasteiger partial charge on any atom is 0.244 e. The smallest absolute Gasteiger partial charge is 0.244 e. The van der Waals surface area contributed by atoms with Gasteiger partial charge in [-0.05, 0) is 19.1 Å². The molecule has 2 aromatic rings. The van der Waals surface area contributed by atoms with Crippen molar-refractivity contribution in [1.82, 2.24) is 19.8 Å². The molecular formula is C16H20N4O6S. The van der Waals surface area contributed by atoms with E-state index in [0.717, 1.165) is 4.31 Å². The fraction of sp³-hybridized carbons (Fsp3) is 0.438. The molecule has 1 atom stereocenters. The van der Waals surface area contributed by atoms with Crippen molar-refractivity contribution in [2.24, 2.45) is 0 Å². The normalized spacial score (nSPS) is 18.2. The van der Waals surface area contributed by atoms with E-state index < -0.39 is 22.0 Å². The second kappa shape index (κ2) is 7.53. The van der Waals surface area contributed by atoms with Crippen LogP contribution in [0.5, 0.6) is 11.5 Å². The first-order valence-electron chi connectivity index (χ1n) is 8.17. The van der Waals surface area contributed by atoms with E-state index in [9.17, 15) is 13.2 Å². The molecule has 0 saturated carbocycles. The highest BCUT2D eigenvalue weighted by atomic mass is 32.2. The van der Waals surface area contributed by atoms with Crippen LogP contribution in [0.4, 0.5) is 0 Å². The number of carbonyl (C=O) groups excluding carboxylic acids is 1. The molecule has 1 unspecified atom stereocenters. The lowest BCUT2D eigenvalue weighted by atomic mass is 10.1. The Kier molecular flexibility index (Phi) is 5.33. The highest BCUT2D eigenvalue weighted by Gasteiger charge is 2.39. The number of hydrogen-bond acceptors (Lipinski definition) is 8. The van der Waals surface area contributed by atoms with Crippen molar-refractivity contribution in [2.75, 3.05) is 27.3 Å². The predicted octanol–water partition coefficient (Wildman–Crippen LogP) is 0.127. The first-order valence-corrected chi connectivity index (χ1v) is 9.61. The summed E-state index contributed by atoms with van der Waals surface area (Å²) in [6.45, 7) is 1.98. The maximum atomic E-state index is 13.2. The summed E-state index contributed by atoms with van der Waals surface area (Å²) in [5, 5.41) is 6.35. The van der Waals surface area contributed by atoms with Crippen molar-refractivity contribution >= 4 is 15.9 Å². The molecule has 10 nitrogen and oxygen atoms in total. The Morgan fingerprint density at radius 1 is 1.30 bits per heavy atom. The minimum Gasteiger partial charge on any atom is -0.493 e. The molecule has 0 spiro atoms. The summed E-state index contributed by atoms with van der Waals surface area (Å²) in [5.74, 6) is 0.883. The largest absolute Gasteiger partial charge is 0.493 e. The lowest BCUT2D eigenvalue weighted by Gasteiger charge is -2.33. The van der Waals surface area contributed by atoms with E-state index in [1.165, 1.54) is 32.4 Å². The molecule has 1 N–H and O–H groups in total. The quantitative estimate of drug-likeness (QED) is 0.731. The molecule has 3 rings (SSSR count). The van der Waals surface area contributed by atoms with Crippen molar-refractivity contribution in [2.45, 2.75) is 24.3 Å². The SMILES string of the molecule is COc1ccc(S(=O)(=O)N2CCNC(=O)C2Cc2nc(C)no2)cc1OC. The Morgan fingerprint density at radius 3 is 2.67 bits per heavy atom. The topological polar surface area (TPSA) is 124 Å². The summed E-state index contributed by atoms with van der Waals surface area (Å²) in [4.78, 5) is 16.4. The highest BCUT2D eigenvalue weighted by Crippen LogP contribution is 2.31.